The van der Waals surface area contributed by atoms with Gasteiger partial charge in [-0.1, -0.05) is 17.7 Å². The predicted octanol–water partition coefficient (Wildman–Crippen LogP) is 1.12. The van der Waals surface area contributed by atoms with E-state index in [2.05, 4.69) is 4.65 Å². The van der Waals surface area contributed by atoms with Gasteiger partial charge in [-0.3, -0.25) is 0 Å². The van der Waals surface area contributed by atoms with Crippen molar-refractivity contribution in [2.75, 3.05) is 0 Å². The molecule has 0 aliphatic heterocycles. The topological polar surface area (TPSA) is 29.5 Å². The molecule has 0 amide bonds. The zero-order valence-electron chi connectivity index (χ0n) is 5.55. The highest BCUT2D eigenvalue weighted by atomic mass is 35.5. The zero-order chi connectivity index (χ0) is 8.27. The molecule has 0 atom stereocenters. The first-order chi connectivity index (χ1) is 5.25. The number of halogens is 2. The summed E-state index contributed by atoms with van der Waals surface area (Å²) in [7, 11) is -0.558. The van der Waals surface area contributed by atoms with Gasteiger partial charge in [-0.15, -0.1) is 0 Å². The van der Waals surface area contributed by atoms with E-state index in [-0.39, 0.29) is 10.8 Å². The fraction of sp³-hybridized carbons (Fsp3) is 0. The number of hydrogen-bond acceptors (Lipinski definition) is 2. The quantitative estimate of drug-likeness (QED) is 0.681. The smallest absolute Gasteiger partial charge is 0.504 e. The van der Waals surface area contributed by atoms with Gasteiger partial charge in [0.2, 0.25) is 0 Å². The lowest BCUT2D eigenvalue weighted by Crippen LogP contribution is -2.01. The lowest BCUT2D eigenvalue weighted by molar-refractivity contribution is 0.432. The molecule has 0 fully saturated rings. The van der Waals surface area contributed by atoms with Gasteiger partial charge < -0.3 is 9.68 Å². The average molecular weight is 174 g/mol. The molecule has 1 rings (SSSR count). The van der Waals surface area contributed by atoms with E-state index in [1.165, 1.54) is 18.2 Å². The molecular formula is C6H5BClFO2. The summed E-state index contributed by atoms with van der Waals surface area (Å²) in [5.41, 5.74) is 0. The molecule has 0 spiro atoms. The molecule has 5 heteroatoms. The van der Waals surface area contributed by atoms with E-state index in [0.29, 0.717) is 0 Å². The van der Waals surface area contributed by atoms with Crippen molar-refractivity contribution in [2.45, 2.75) is 0 Å². The summed E-state index contributed by atoms with van der Waals surface area (Å²) in [5.74, 6) is -0.691. The molecule has 0 saturated carbocycles. The van der Waals surface area contributed by atoms with Crippen molar-refractivity contribution in [3.05, 3.63) is 29.0 Å². The van der Waals surface area contributed by atoms with Crippen molar-refractivity contribution in [2.24, 2.45) is 0 Å². The second-order valence-electron chi connectivity index (χ2n) is 1.83. The van der Waals surface area contributed by atoms with Crippen molar-refractivity contribution in [3.63, 3.8) is 0 Å². The van der Waals surface area contributed by atoms with Crippen molar-refractivity contribution >= 4 is 19.3 Å². The molecular weight excluding hydrogens is 169 g/mol. The molecule has 58 valence electrons. The molecule has 2 nitrogen and oxygen atoms in total. The number of hydrogen-bond donors (Lipinski definition) is 1. The SMILES string of the molecule is OBOc1cccc(Cl)c1F. The molecule has 1 aromatic carbocycles. The molecule has 0 saturated heterocycles. The van der Waals surface area contributed by atoms with Crippen LogP contribution in [0, 0.1) is 5.82 Å². The highest BCUT2D eigenvalue weighted by molar-refractivity contribution is 6.31. The lowest BCUT2D eigenvalue weighted by atomic mass is 10.3. The van der Waals surface area contributed by atoms with Crippen LogP contribution in [-0.2, 0) is 0 Å². The van der Waals surface area contributed by atoms with Gasteiger partial charge in [-0.05, 0) is 12.1 Å². The van der Waals surface area contributed by atoms with Crippen LogP contribution in [0.3, 0.4) is 0 Å². The molecule has 0 bridgehead atoms. The van der Waals surface area contributed by atoms with Crippen molar-refractivity contribution < 1.29 is 14.1 Å². The first-order valence-electron chi connectivity index (χ1n) is 2.93. The van der Waals surface area contributed by atoms with E-state index in [9.17, 15) is 4.39 Å². The first kappa shape index (κ1) is 8.36. The van der Waals surface area contributed by atoms with Gasteiger partial charge in [0.1, 0.15) is 5.75 Å². The second kappa shape index (κ2) is 3.60. The van der Waals surface area contributed by atoms with E-state index >= 15 is 0 Å². The zero-order valence-corrected chi connectivity index (χ0v) is 6.31. The molecule has 0 unspecified atom stereocenters. The Bertz CT molecular complexity index is 256. The minimum absolute atomic E-state index is 0.0176. The summed E-state index contributed by atoms with van der Waals surface area (Å²) in [6.07, 6.45) is 0. The van der Waals surface area contributed by atoms with Crippen molar-refractivity contribution in [1.82, 2.24) is 0 Å². The Kier molecular flexibility index (Phi) is 2.73. The Morgan fingerprint density at radius 3 is 2.91 bits per heavy atom. The van der Waals surface area contributed by atoms with Gasteiger partial charge in [0.25, 0.3) is 0 Å². The standard InChI is InChI=1S/C6H5BClFO2/c8-4-2-1-3-5(6(4)9)11-7-10/h1-3,7,10H. The summed E-state index contributed by atoms with van der Waals surface area (Å²) in [6, 6.07) is 4.33. The monoisotopic (exact) mass is 174 g/mol. The maximum atomic E-state index is 12.8. The Morgan fingerprint density at radius 2 is 2.27 bits per heavy atom. The largest absolute Gasteiger partial charge is 0.537 e. The minimum atomic E-state index is -0.650. The molecule has 11 heavy (non-hydrogen) atoms. The van der Waals surface area contributed by atoms with Gasteiger partial charge in [0.05, 0.1) is 5.02 Å². The van der Waals surface area contributed by atoms with Crippen molar-refractivity contribution in [3.8, 4) is 5.75 Å². The van der Waals surface area contributed by atoms with Crippen LogP contribution < -0.4 is 4.65 Å². The van der Waals surface area contributed by atoms with Crippen LogP contribution in [0.2, 0.25) is 5.02 Å². The highest BCUT2D eigenvalue weighted by Crippen LogP contribution is 2.23. The van der Waals surface area contributed by atoms with Crippen LogP contribution in [-0.4, -0.2) is 12.7 Å². The maximum absolute atomic E-state index is 12.8. The van der Waals surface area contributed by atoms with Gasteiger partial charge in [-0.2, -0.15) is 0 Å². The third-order valence-electron chi connectivity index (χ3n) is 1.14. The Morgan fingerprint density at radius 1 is 1.55 bits per heavy atom. The maximum Gasteiger partial charge on any atom is 0.504 e. The van der Waals surface area contributed by atoms with Crippen molar-refractivity contribution in [1.29, 1.82) is 0 Å². The van der Waals surface area contributed by atoms with Crippen LogP contribution in [0.4, 0.5) is 4.39 Å². The summed E-state index contributed by atoms with van der Waals surface area (Å²) in [5, 5.41) is 8.29. The summed E-state index contributed by atoms with van der Waals surface area (Å²) < 4.78 is 17.3. The first-order valence-corrected chi connectivity index (χ1v) is 3.31. The summed E-state index contributed by atoms with van der Waals surface area (Å²) in [6.45, 7) is 0. The predicted molar refractivity (Wildman–Crippen MR) is 41.4 cm³/mol. The number of rotatable bonds is 2. The average Bonchev–Trinajstić information content (AvgIpc) is 1.99. The van der Waals surface area contributed by atoms with E-state index in [1.807, 2.05) is 0 Å². The fourth-order valence-electron chi connectivity index (χ4n) is 0.665. The van der Waals surface area contributed by atoms with Crippen LogP contribution in [0.15, 0.2) is 18.2 Å². The fourth-order valence-corrected chi connectivity index (χ4v) is 0.831. The van der Waals surface area contributed by atoms with Crippen LogP contribution in [0.25, 0.3) is 0 Å². The minimum Gasteiger partial charge on any atom is -0.537 e. The highest BCUT2D eigenvalue weighted by Gasteiger charge is 2.05. The lowest BCUT2D eigenvalue weighted by Gasteiger charge is -2.02. The van der Waals surface area contributed by atoms with Crippen LogP contribution in [0.5, 0.6) is 5.75 Å². The normalized spacial score (nSPS) is 9.36. The van der Waals surface area contributed by atoms with E-state index < -0.39 is 13.5 Å². The van der Waals surface area contributed by atoms with Crippen LogP contribution in [0.1, 0.15) is 0 Å². The summed E-state index contributed by atoms with van der Waals surface area (Å²) >= 11 is 5.41. The molecule has 0 aliphatic carbocycles. The van der Waals surface area contributed by atoms with E-state index in [0.717, 1.165) is 0 Å². The van der Waals surface area contributed by atoms with Crippen LogP contribution >= 0.6 is 11.6 Å². The van der Waals surface area contributed by atoms with Gasteiger partial charge in [0, 0.05) is 0 Å². The third-order valence-corrected chi connectivity index (χ3v) is 1.43. The molecule has 0 aliphatic rings. The molecule has 1 N–H and O–H groups in total. The third kappa shape index (κ3) is 1.85. The van der Waals surface area contributed by atoms with Gasteiger partial charge in [-0.25, -0.2) is 4.39 Å². The second-order valence-corrected chi connectivity index (χ2v) is 2.23. The summed E-state index contributed by atoms with van der Waals surface area (Å²) in [4.78, 5) is 0. The molecule has 0 heterocycles. The Labute approximate surface area is 68.9 Å². The molecule has 1 aromatic rings. The molecule has 0 aromatic heterocycles. The Hall–Kier alpha value is -0.735. The van der Waals surface area contributed by atoms with Gasteiger partial charge >= 0.3 is 7.69 Å². The molecule has 0 radical (unpaired) electrons. The van der Waals surface area contributed by atoms with E-state index in [1.54, 1.807) is 0 Å². The van der Waals surface area contributed by atoms with Gasteiger partial charge in [0.15, 0.2) is 5.82 Å². The number of benzene rings is 1. The van der Waals surface area contributed by atoms with E-state index in [4.69, 9.17) is 16.6 Å². The Balaban J connectivity index is 2.96.